The Labute approximate surface area is 125 Å². The van der Waals surface area contributed by atoms with Crippen LogP contribution in [-0.4, -0.2) is 22.2 Å². The second-order valence-corrected chi connectivity index (χ2v) is 5.44. The van der Waals surface area contributed by atoms with Gasteiger partial charge >= 0.3 is 0 Å². The van der Waals surface area contributed by atoms with Crippen molar-refractivity contribution in [1.29, 1.82) is 0 Å². The zero-order valence-corrected chi connectivity index (χ0v) is 12.5. The number of nitrogens with zero attached hydrogens (tertiary/aromatic N) is 2. The lowest BCUT2D eigenvalue weighted by Gasteiger charge is -2.14. The van der Waals surface area contributed by atoms with E-state index in [0.29, 0.717) is 12.5 Å². The van der Waals surface area contributed by atoms with Crippen LogP contribution in [-0.2, 0) is 11.3 Å². The fourth-order valence-corrected chi connectivity index (χ4v) is 2.07. The standard InChI is InChI=1S/C16H22N4O/c1-12(2)13-4-6-14(7-5-13)15(17)10-18-16(21)11-20-9-3-8-19-20/h3-9,12,15H,10-11,17H2,1-2H3,(H,18,21). The fraction of sp³-hybridized carbons (Fsp3) is 0.375. The quantitative estimate of drug-likeness (QED) is 0.850. The Morgan fingerprint density at radius 2 is 1.95 bits per heavy atom. The van der Waals surface area contributed by atoms with Crippen LogP contribution in [0.15, 0.2) is 42.7 Å². The van der Waals surface area contributed by atoms with E-state index >= 15 is 0 Å². The Kier molecular flexibility index (Phi) is 5.11. The van der Waals surface area contributed by atoms with Crippen molar-refractivity contribution < 1.29 is 4.79 Å². The number of nitrogens with two attached hydrogens (primary N) is 1. The normalized spacial score (nSPS) is 12.4. The zero-order chi connectivity index (χ0) is 15.2. The molecule has 5 heteroatoms. The molecule has 0 bridgehead atoms. The summed E-state index contributed by atoms with van der Waals surface area (Å²) in [6, 6.07) is 9.82. The highest BCUT2D eigenvalue weighted by Gasteiger charge is 2.09. The van der Waals surface area contributed by atoms with Gasteiger partial charge in [0.15, 0.2) is 0 Å². The second kappa shape index (κ2) is 7.04. The molecule has 1 unspecified atom stereocenters. The number of carbonyl (C=O) groups excluding carboxylic acids is 1. The third-order valence-corrected chi connectivity index (χ3v) is 3.42. The minimum Gasteiger partial charge on any atom is -0.353 e. The van der Waals surface area contributed by atoms with Gasteiger partial charge in [-0.05, 0) is 23.1 Å². The number of hydrogen-bond donors (Lipinski definition) is 2. The first-order valence-corrected chi connectivity index (χ1v) is 7.16. The maximum atomic E-state index is 11.8. The molecular formula is C16H22N4O. The maximum absolute atomic E-state index is 11.8. The summed E-state index contributed by atoms with van der Waals surface area (Å²) < 4.78 is 1.58. The van der Waals surface area contributed by atoms with E-state index in [1.165, 1.54) is 5.56 Å². The summed E-state index contributed by atoms with van der Waals surface area (Å²) in [5.74, 6) is 0.414. The molecule has 2 rings (SSSR count). The Balaban J connectivity index is 1.83. The van der Waals surface area contributed by atoms with Crippen LogP contribution >= 0.6 is 0 Å². The first-order chi connectivity index (χ1) is 10.1. The molecule has 3 N–H and O–H groups in total. The van der Waals surface area contributed by atoms with Gasteiger partial charge in [0.05, 0.1) is 0 Å². The highest BCUT2D eigenvalue weighted by Crippen LogP contribution is 2.17. The maximum Gasteiger partial charge on any atom is 0.241 e. The summed E-state index contributed by atoms with van der Waals surface area (Å²) in [6.45, 7) is 4.95. The van der Waals surface area contributed by atoms with E-state index in [1.54, 1.807) is 23.1 Å². The Hall–Kier alpha value is -2.14. The summed E-state index contributed by atoms with van der Waals surface area (Å²) in [7, 11) is 0. The molecule has 0 aliphatic carbocycles. The molecular weight excluding hydrogens is 264 g/mol. The van der Waals surface area contributed by atoms with Crippen LogP contribution in [0.1, 0.15) is 36.9 Å². The minimum atomic E-state index is -0.201. The van der Waals surface area contributed by atoms with Crippen LogP contribution in [0, 0.1) is 0 Å². The summed E-state index contributed by atoms with van der Waals surface area (Å²) in [5, 5.41) is 6.82. The molecule has 0 aliphatic rings. The van der Waals surface area contributed by atoms with Gasteiger partial charge in [-0.2, -0.15) is 5.10 Å². The molecule has 21 heavy (non-hydrogen) atoms. The van der Waals surface area contributed by atoms with E-state index in [9.17, 15) is 4.79 Å². The topological polar surface area (TPSA) is 72.9 Å². The van der Waals surface area contributed by atoms with Crippen molar-refractivity contribution in [3.8, 4) is 0 Å². The predicted octanol–water partition coefficient (Wildman–Crippen LogP) is 1.82. The lowest BCUT2D eigenvalue weighted by Crippen LogP contribution is -2.34. The van der Waals surface area contributed by atoms with E-state index in [4.69, 9.17) is 5.73 Å². The number of nitrogens with one attached hydrogen (secondary N) is 1. The van der Waals surface area contributed by atoms with Crippen molar-refractivity contribution >= 4 is 5.91 Å². The molecule has 112 valence electrons. The molecule has 1 aromatic carbocycles. The summed E-state index contributed by atoms with van der Waals surface area (Å²) in [6.07, 6.45) is 3.40. The van der Waals surface area contributed by atoms with Gasteiger partial charge in [0.2, 0.25) is 5.91 Å². The van der Waals surface area contributed by atoms with Crippen LogP contribution in [0.25, 0.3) is 0 Å². The summed E-state index contributed by atoms with van der Waals surface area (Å²) >= 11 is 0. The average Bonchev–Trinajstić information content (AvgIpc) is 2.97. The van der Waals surface area contributed by atoms with Gasteiger partial charge in [0.25, 0.3) is 0 Å². The lowest BCUT2D eigenvalue weighted by atomic mass is 9.99. The van der Waals surface area contributed by atoms with Crippen molar-refractivity contribution in [3.05, 3.63) is 53.9 Å². The van der Waals surface area contributed by atoms with Gasteiger partial charge in [0.1, 0.15) is 6.54 Å². The van der Waals surface area contributed by atoms with Crippen LogP contribution in [0.4, 0.5) is 0 Å². The van der Waals surface area contributed by atoms with Crippen LogP contribution < -0.4 is 11.1 Å². The van der Waals surface area contributed by atoms with Crippen molar-refractivity contribution in [3.63, 3.8) is 0 Å². The molecule has 0 saturated heterocycles. The van der Waals surface area contributed by atoms with E-state index in [1.807, 2.05) is 12.1 Å². The molecule has 1 heterocycles. The minimum absolute atomic E-state index is 0.0899. The molecule has 1 amide bonds. The zero-order valence-electron chi connectivity index (χ0n) is 12.5. The van der Waals surface area contributed by atoms with Crippen LogP contribution in [0.2, 0.25) is 0 Å². The Bertz CT molecular complexity index is 560. The van der Waals surface area contributed by atoms with E-state index < -0.39 is 0 Å². The van der Waals surface area contributed by atoms with Crippen molar-refractivity contribution in [2.75, 3.05) is 6.54 Å². The monoisotopic (exact) mass is 286 g/mol. The first kappa shape index (κ1) is 15.3. The SMILES string of the molecule is CC(C)c1ccc(C(N)CNC(=O)Cn2cccn2)cc1. The van der Waals surface area contributed by atoms with Gasteiger partial charge in [-0.3, -0.25) is 9.48 Å². The van der Waals surface area contributed by atoms with Crippen molar-refractivity contribution in [2.45, 2.75) is 32.4 Å². The number of rotatable bonds is 6. The molecule has 0 saturated carbocycles. The molecule has 0 aliphatic heterocycles. The molecule has 5 nitrogen and oxygen atoms in total. The number of hydrogen-bond acceptors (Lipinski definition) is 3. The van der Waals surface area contributed by atoms with Gasteiger partial charge < -0.3 is 11.1 Å². The largest absolute Gasteiger partial charge is 0.353 e. The first-order valence-electron chi connectivity index (χ1n) is 7.16. The molecule has 1 atom stereocenters. The van der Waals surface area contributed by atoms with Gasteiger partial charge in [-0.1, -0.05) is 38.1 Å². The predicted molar refractivity (Wildman–Crippen MR) is 82.7 cm³/mol. The smallest absolute Gasteiger partial charge is 0.241 e. The molecule has 0 fully saturated rings. The fourth-order valence-electron chi connectivity index (χ4n) is 2.07. The Morgan fingerprint density at radius 3 is 2.52 bits per heavy atom. The van der Waals surface area contributed by atoms with E-state index in [-0.39, 0.29) is 18.5 Å². The number of aromatic nitrogens is 2. The van der Waals surface area contributed by atoms with Crippen molar-refractivity contribution in [2.24, 2.45) is 5.73 Å². The lowest BCUT2D eigenvalue weighted by molar-refractivity contribution is -0.121. The van der Waals surface area contributed by atoms with E-state index in [0.717, 1.165) is 5.56 Å². The average molecular weight is 286 g/mol. The van der Waals surface area contributed by atoms with E-state index in [2.05, 4.69) is 36.4 Å². The summed E-state index contributed by atoms with van der Waals surface area (Å²) in [4.78, 5) is 11.8. The molecule has 0 spiro atoms. The number of benzene rings is 1. The Morgan fingerprint density at radius 1 is 1.29 bits per heavy atom. The third kappa shape index (κ3) is 4.43. The molecule has 1 aromatic heterocycles. The van der Waals surface area contributed by atoms with Crippen molar-refractivity contribution in [1.82, 2.24) is 15.1 Å². The number of amides is 1. The highest BCUT2D eigenvalue weighted by atomic mass is 16.2. The van der Waals surface area contributed by atoms with Crippen LogP contribution in [0.5, 0.6) is 0 Å². The summed E-state index contributed by atoms with van der Waals surface area (Å²) in [5.41, 5.74) is 8.42. The van der Waals surface area contributed by atoms with Gasteiger partial charge in [0, 0.05) is 25.0 Å². The van der Waals surface area contributed by atoms with Crippen LogP contribution in [0.3, 0.4) is 0 Å². The van der Waals surface area contributed by atoms with Gasteiger partial charge in [-0.15, -0.1) is 0 Å². The highest BCUT2D eigenvalue weighted by molar-refractivity contribution is 5.75. The number of carbonyl (C=O) groups is 1. The van der Waals surface area contributed by atoms with Gasteiger partial charge in [-0.25, -0.2) is 0 Å². The second-order valence-electron chi connectivity index (χ2n) is 5.44. The third-order valence-electron chi connectivity index (χ3n) is 3.42. The molecule has 2 aromatic rings. The molecule has 0 radical (unpaired) electrons.